The SMILES string of the molecule is CC(C)(C)OC(=O)Cc1ccc(C(F)(F)F)nc1. The lowest BCUT2D eigenvalue weighted by molar-refractivity contribution is -0.153. The molecule has 1 aromatic rings. The minimum absolute atomic E-state index is 0.0948. The van der Waals surface area contributed by atoms with Crippen molar-refractivity contribution in [2.75, 3.05) is 0 Å². The summed E-state index contributed by atoms with van der Waals surface area (Å²) < 4.78 is 41.8. The minimum atomic E-state index is -4.47. The van der Waals surface area contributed by atoms with Crippen LogP contribution in [0.2, 0.25) is 0 Å². The van der Waals surface area contributed by atoms with Gasteiger partial charge in [0.05, 0.1) is 6.42 Å². The van der Waals surface area contributed by atoms with Gasteiger partial charge in [0, 0.05) is 6.20 Å². The Morgan fingerprint density at radius 2 is 1.89 bits per heavy atom. The van der Waals surface area contributed by atoms with Crippen LogP contribution in [0, 0.1) is 0 Å². The molecule has 1 rings (SSSR count). The van der Waals surface area contributed by atoms with E-state index in [4.69, 9.17) is 4.74 Å². The summed E-state index contributed by atoms with van der Waals surface area (Å²) >= 11 is 0. The van der Waals surface area contributed by atoms with Crippen LogP contribution in [0.3, 0.4) is 0 Å². The number of rotatable bonds is 2. The molecule has 1 aromatic heterocycles. The van der Waals surface area contributed by atoms with E-state index < -0.39 is 23.4 Å². The van der Waals surface area contributed by atoms with E-state index in [0.29, 0.717) is 5.56 Å². The molecule has 3 nitrogen and oxygen atoms in total. The second-order valence-electron chi connectivity index (χ2n) is 4.81. The molecule has 6 heteroatoms. The van der Waals surface area contributed by atoms with E-state index in [9.17, 15) is 18.0 Å². The van der Waals surface area contributed by atoms with Gasteiger partial charge in [0.25, 0.3) is 0 Å². The molecule has 0 spiro atoms. The topological polar surface area (TPSA) is 39.2 Å². The number of hydrogen-bond donors (Lipinski definition) is 0. The van der Waals surface area contributed by atoms with Crippen molar-refractivity contribution in [3.63, 3.8) is 0 Å². The Morgan fingerprint density at radius 3 is 2.28 bits per heavy atom. The first-order valence-electron chi connectivity index (χ1n) is 5.32. The molecular weight excluding hydrogens is 247 g/mol. The van der Waals surface area contributed by atoms with Crippen molar-refractivity contribution in [2.45, 2.75) is 39.0 Å². The second-order valence-corrected chi connectivity index (χ2v) is 4.81. The van der Waals surface area contributed by atoms with Gasteiger partial charge in [-0.1, -0.05) is 6.07 Å². The van der Waals surface area contributed by atoms with E-state index in [0.717, 1.165) is 12.3 Å². The van der Waals surface area contributed by atoms with Gasteiger partial charge in [-0.15, -0.1) is 0 Å². The molecule has 0 aromatic carbocycles. The smallest absolute Gasteiger partial charge is 0.433 e. The highest BCUT2D eigenvalue weighted by Crippen LogP contribution is 2.27. The van der Waals surface area contributed by atoms with Gasteiger partial charge in [0.2, 0.25) is 0 Å². The molecule has 0 unspecified atom stereocenters. The molecule has 0 saturated carbocycles. The Balaban J connectivity index is 2.67. The number of ether oxygens (including phenoxy) is 1. The van der Waals surface area contributed by atoms with E-state index in [1.807, 2.05) is 0 Å². The summed E-state index contributed by atoms with van der Waals surface area (Å²) in [6.45, 7) is 5.15. The maximum absolute atomic E-state index is 12.3. The number of alkyl halides is 3. The van der Waals surface area contributed by atoms with Crippen molar-refractivity contribution in [1.29, 1.82) is 0 Å². The second kappa shape index (κ2) is 4.96. The van der Waals surface area contributed by atoms with Gasteiger partial charge in [0.15, 0.2) is 0 Å². The maximum Gasteiger partial charge on any atom is 0.433 e. The van der Waals surface area contributed by atoms with Crippen LogP contribution in [0.4, 0.5) is 13.2 Å². The fourth-order valence-corrected chi connectivity index (χ4v) is 1.24. The van der Waals surface area contributed by atoms with Gasteiger partial charge in [-0.05, 0) is 32.4 Å². The summed E-state index contributed by atoms with van der Waals surface area (Å²) in [4.78, 5) is 14.7. The number of nitrogens with zero attached hydrogens (tertiary/aromatic N) is 1. The maximum atomic E-state index is 12.3. The predicted octanol–water partition coefficient (Wildman–Crippen LogP) is 2.98. The monoisotopic (exact) mass is 261 g/mol. The first-order valence-corrected chi connectivity index (χ1v) is 5.32. The first-order chi connectivity index (χ1) is 8.08. The summed E-state index contributed by atoms with van der Waals surface area (Å²) in [7, 11) is 0. The Bertz CT molecular complexity index is 418. The molecule has 0 amide bonds. The van der Waals surface area contributed by atoms with Crippen LogP contribution in [-0.2, 0) is 22.1 Å². The van der Waals surface area contributed by atoms with E-state index in [-0.39, 0.29) is 6.42 Å². The van der Waals surface area contributed by atoms with E-state index >= 15 is 0 Å². The summed E-state index contributed by atoms with van der Waals surface area (Å²) in [6.07, 6.45) is -3.53. The summed E-state index contributed by atoms with van der Waals surface area (Å²) in [5, 5.41) is 0. The Hall–Kier alpha value is -1.59. The quantitative estimate of drug-likeness (QED) is 0.768. The third-order valence-corrected chi connectivity index (χ3v) is 1.88. The highest BCUT2D eigenvalue weighted by atomic mass is 19.4. The average molecular weight is 261 g/mol. The van der Waals surface area contributed by atoms with Crippen LogP contribution in [0.1, 0.15) is 32.0 Å². The van der Waals surface area contributed by atoms with Crippen molar-refractivity contribution >= 4 is 5.97 Å². The van der Waals surface area contributed by atoms with Gasteiger partial charge in [-0.25, -0.2) is 0 Å². The summed E-state index contributed by atoms with van der Waals surface area (Å²) in [6, 6.07) is 2.07. The zero-order valence-corrected chi connectivity index (χ0v) is 10.3. The van der Waals surface area contributed by atoms with Crippen molar-refractivity contribution in [2.24, 2.45) is 0 Å². The lowest BCUT2D eigenvalue weighted by Gasteiger charge is -2.19. The zero-order valence-electron chi connectivity index (χ0n) is 10.3. The molecule has 1 heterocycles. The third kappa shape index (κ3) is 4.73. The lowest BCUT2D eigenvalue weighted by atomic mass is 10.1. The number of esters is 1. The zero-order chi connectivity index (χ0) is 14.0. The number of pyridine rings is 1. The van der Waals surface area contributed by atoms with Crippen LogP contribution >= 0.6 is 0 Å². The number of halogens is 3. The molecule has 0 bridgehead atoms. The van der Waals surface area contributed by atoms with Crippen LogP contribution in [0.5, 0.6) is 0 Å². The van der Waals surface area contributed by atoms with Crippen LogP contribution < -0.4 is 0 Å². The molecule has 0 radical (unpaired) electrons. The van der Waals surface area contributed by atoms with E-state index in [1.54, 1.807) is 20.8 Å². The minimum Gasteiger partial charge on any atom is -0.460 e. The average Bonchev–Trinajstić information content (AvgIpc) is 2.13. The predicted molar refractivity (Wildman–Crippen MR) is 58.8 cm³/mol. The third-order valence-electron chi connectivity index (χ3n) is 1.88. The van der Waals surface area contributed by atoms with Crippen LogP contribution in [0.25, 0.3) is 0 Å². The summed E-state index contributed by atoms with van der Waals surface area (Å²) in [5.41, 5.74) is -1.20. The molecular formula is C12H14F3NO2. The number of carbonyl (C=O) groups excluding carboxylic acids is 1. The van der Waals surface area contributed by atoms with Gasteiger partial charge in [-0.3, -0.25) is 9.78 Å². The first kappa shape index (κ1) is 14.5. The van der Waals surface area contributed by atoms with E-state index in [1.165, 1.54) is 6.07 Å². The Morgan fingerprint density at radius 1 is 1.28 bits per heavy atom. The molecule has 0 aliphatic carbocycles. The molecule has 18 heavy (non-hydrogen) atoms. The van der Waals surface area contributed by atoms with Crippen molar-refractivity contribution in [1.82, 2.24) is 4.98 Å². The molecule has 0 atom stereocenters. The van der Waals surface area contributed by atoms with Gasteiger partial charge >= 0.3 is 12.1 Å². The summed E-state index contributed by atoms with van der Waals surface area (Å²) in [5.74, 6) is -0.496. The van der Waals surface area contributed by atoms with Crippen molar-refractivity contribution in [3.8, 4) is 0 Å². The number of aromatic nitrogens is 1. The highest BCUT2D eigenvalue weighted by molar-refractivity contribution is 5.72. The van der Waals surface area contributed by atoms with Crippen molar-refractivity contribution in [3.05, 3.63) is 29.6 Å². The lowest BCUT2D eigenvalue weighted by Crippen LogP contribution is -2.25. The Kier molecular flexibility index (Phi) is 3.98. The standard InChI is InChI=1S/C12H14F3NO2/c1-11(2,3)18-10(17)6-8-4-5-9(16-7-8)12(13,14)15/h4-5,7H,6H2,1-3H3. The van der Waals surface area contributed by atoms with E-state index in [2.05, 4.69) is 4.98 Å². The number of carbonyl (C=O) groups is 1. The van der Waals surface area contributed by atoms with Crippen LogP contribution in [-0.4, -0.2) is 16.6 Å². The largest absolute Gasteiger partial charge is 0.460 e. The fraction of sp³-hybridized carbons (Fsp3) is 0.500. The van der Waals surface area contributed by atoms with Gasteiger partial charge in [0.1, 0.15) is 11.3 Å². The Labute approximate surface area is 103 Å². The number of hydrogen-bond acceptors (Lipinski definition) is 3. The molecule has 0 fully saturated rings. The highest BCUT2D eigenvalue weighted by Gasteiger charge is 2.32. The van der Waals surface area contributed by atoms with Crippen LogP contribution in [0.15, 0.2) is 18.3 Å². The molecule has 0 N–H and O–H groups in total. The molecule has 100 valence electrons. The fourth-order valence-electron chi connectivity index (χ4n) is 1.24. The van der Waals surface area contributed by atoms with Gasteiger partial charge in [-0.2, -0.15) is 13.2 Å². The molecule has 0 aliphatic heterocycles. The molecule has 0 saturated heterocycles. The molecule has 0 aliphatic rings. The van der Waals surface area contributed by atoms with Gasteiger partial charge < -0.3 is 4.74 Å². The van der Waals surface area contributed by atoms with Crippen molar-refractivity contribution < 1.29 is 22.7 Å². The normalized spacial score (nSPS) is 12.3.